The van der Waals surface area contributed by atoms with Crippen molar-refractivity contribution in [2.75, 3.05) is 19.0 Å². The number of nitrogens with zero attached hydrogens (tertiary/aromatic N) is 1. The maximum atomic E-state index is 11.9. The van der Waals surface area contributed by atoms with Gasteiger partial charge >= 0.3 is 11.8 Å². The molecule has 7 nitrogen and oxygen atoms in total. The molecule has 2 aromatic carbocycles. The van der Waals surface area contributed by atoms with E-state index in [-0.39, 0.29) is 0 Å². The van der Waals surface area contributed by atoms with Gasteiger partial charge in [0.15, 0.2) is 11.5 Å². The first-order chi connectivity index (χ1) is 13.4. The minimum Gasteiger partial charge on any atom is -0.493 e. The molecule has 0 aliphatic rings. The molecule has 2 N–H and O–H groups in total. The number of carbonyl (C=O) groups excluding carboxylic acids is 2. The number of rotatable bonds is 7. The molecule has 0 aliphatic heterocycles. The van der Waals surface area contributed by atoms with Gasteiger partial charge in [0, 0.05) is 15.7 Å². The van der Waals surface area contributed by atoms with E-state index in [9.17, 15) is 9.59 Å². The maximum absolute atomic E-state index is 11.9. The molecular formula is C19H17Cl2N3O4. The standard InChI is InChI=1S/C19H17Cl2N3O4/c1-3-6-28-16-5-4-12(7-17(16)27-2)11-22-24-19(26)18(25)23-15-9-13(20)8-14(21)10-15/h3-5,7-11H,1,6H2,2H3,(H,23,25)(H,24,26)/b22-11-. The van der Waals surface area contributed by atoms with Crippen LogP contribution in [0, 0.1) is 0 Å². The topological polar surface area (TPSA) is 89.0 Å². The third-order valence-corrected chi connectivity index (χ3v) is 3.69. The van der Waals surface area contributed by atoms with Gasteiger partial charge in [-0.05, 0) is 42.0 Å². The SMILES string of the molecule is C=CCOc1ccc(/C=N\NC(=O)C(=O)Nc2cc(Cl)cc(Cl)c2)cc1OC. The van der Waals surface area contributed by atoms with Gasteiger partial charge in [0.05, 0.1) is 13.3 Å². The van der Waals surface area contributed by atoms with Crippen LogP contribution in [0.1, 0.15) is 5.56 Å². The molecule has 0 fully saturated rings. The summed E-state index contributed by atoms with van der Waals surface area (Å²) in [6.07, 6.45) is 2.98. The van der Waals surface area contributed by atoms with E-state index in [0.29, 0.717) is 39.4 Å². The van der Waals surface area contributed by atoms with Crippen molar-refractivity contribution >= 4 is 46.9 Å². The summed E-state index contributed by atoms with van der Waals surface area (Å²) in [4.78, 5) is 23.7. The monoisotopic (exact) mass is 421 g/mol. The molecular weight excluding hydrogens is 405 g/mol. The first-order valence-corrected chi connectivity index (χ1v) is 8.70. The Morgan fingerprint density at radius 3 is 2.46 bits per heavy atom. The Morgan fingerprint density at radius 2 is 1.82 bits per heavy atom. The molecule has 0 bridgehead atoms. The molecule has 28 heavy (non-hydrogen) atoms. The van der Waals surface area contributed by atoms with Crippen molar-refractivity contribution in [1.29, 1.82) is 0 Å². The Bertz CT molecular complexity index is 896. The van der Waals surface area contributed by atoms with Crippen LogP contribution in [0.2, 0.25) is 10.0 Å². The number of carbonyl (C=O) groups is 2. The second kappa shape index (κ2) is 10.3. The van der Waals surface area contributed by atoms with Crippen LogP contribution in [0.5, 0.6) is 11.5 Å². The van der Waals surface area contributed by atoms with Gasteiger partial charge in [-0.1, -0.05) is 35.9 Å². The van der Waals surface area contributed by atoms with Gasteiger partial charge < -0.3 is 14.8 Å². The van der Waals surface area contributed by atoms with Crippen molar-refractivity contribution < 1.29 is 19.1 Å². The van der Waals surface area contributed by atoms with E-state index in [4.69, 9.17) is 32.7 Å². The normalized spacial score (nSPS) is 10.4. The lowest BCUT2D eigenvalue weighted by Crippen LogP contribution is -2.32. The van der Waals surface area contributed by atoms with Crippen LogP contribution in [0.15, 0.2) is 54.2 Å². The lowest BCUT2D eigenvalue weighted by atomic mass is 10.2. The van der Waals surface area contributed by atoms with Crippen LogP contribution in [0.3, 0.4) is 0 Å². The van der Waals surface area contributed by atoms with Gasteiger partial charge in [-0.2, -0.15) is 5.10 Å². The second-order valence-electron chi connectivity index (χ2n) is 5.32. The first kappa shape index (κ1) is 21.3. The van der Waals surface area contributed by atoms with E-state index >= 15 is 0 Å². The Morgan fingerprint density at radius 1 is 1.11 bits per heavy atom. The summed E-state index contributed by atoms with van der Waals surface area (Å²) in [5.74, 6) is -0.831. The minimum absolute atomic E-state index is 0.293. The summed E-state index contributed by atoms with van der Waals surface area (Å²) in [5, 5.41) is 6.79. The van der Waals surface area contributed by atoms with Gasteiger partial charge in [0.25, 0.3) is 0 Å². The van der Waals surface area contributed by atoms with Gasteiger partial charge in [0.1, 0.15) is 6.61 Å². The number of nitrogens with one attached hydrogen (secondary N) is 2. The Balaban J connectivity index is 1.96. The van der Waals surface area contributed by atoms with Crippen LogP contribution < -0.4 is 20.2 Å². The summed E-state index contributed by atoms with van der Waals surface area (Å²) in [6, 6.07) is 9.51. The Labute approximate surface area is 171 Å². The van der Waals surface area contributed by atoms with E-state index in [1.54, 1.807) is 24.3 Å². The van der Waals surface area contributed by atoms with Gasteiger partial charge in [-0.15, -0.1) is 0 Å². The fourth-order valence-electron chi connectivity index (χ4n) is 2.06. The zero-order valence-electron chi connectivity index (χ0n) is 14.9. The number of anilines is 1. The third-order valence-electron chi connectivity index (χ3n) is 3.25. The van der Waals surface area contributed by atoms with Crippen LogP contribution >= 0.6 is 23.2 Å². The van der Waals surface area contributed by atoms with E-state index in [0.717, 1.165) is 0 Å². The number of hydrogen-bond acceptors (Lipinski definition) is 5. The van der Waals surface area contributed by atoms with E-state index < -0.39 is 11.8 Å². The van der Waals surface area contributed by atoms with E-state index in [1.807, 2.05) is 0 Å². The molecule has 0 radical (unpaired) electrons. The highest BCUT2D eigenvalue weighted by molar-refractivity contribution is 6.40. The minimum atomic E-state index is -0.953. The second-order valence-corrected chi connectivity index (χ2v) is 6.19. The summed E-state index contributed by atoms with van der Waals surface area (Å²) in [7, 11) is 1.51. The number of ether oxygens (including phenoxy) is 2. The fraction of sp³-hybridized carbons (Fsp3) is 0.105. The lowest BCUT2D eigenvalue weighted by Gasteiger charge is -2.09. The zero-order valence-corrected chi connectivity index (χ0v) is 16.4. The predicted molar refractivity (Wildman–Crippen MR) is 110 cm³/mol. The average Bonchev–Trinajstić information content (AvgIpc) is 2.65. The van der Waals surface area contributed by atoms with Crippen molar-refractivity contribution in [2.45, 2.75) is 0 Å². The quantitative estimate of drug-likeness (QED) is 0.309. The van der Waals surface area contributed by atoms with Crippen molar-refractivity contribution in [3.8, 4) is 11.5 Å². The van der Waals surface area contributed by atoms with Crippen LogP contribution in [-0.2, 0) is 9.59 Å². The summed E-state index contributed by atoms with van der Waals surface area (Å²) in [6.45, 7) is 3.92. The van der Waals surface area contributed by atoms with Crippen molar-refractivity contribution in [1.82, 2.24) is 5.43 Å². The Kier molecular flexibility index (Phi) is 7.86. The molecule has 9 heteroatoms. The lowest BCUT2D eigenvalue weighted by molar-refractivity contribution is -0.136. The highest BCUT2D eigenvalue weighted by atomic mass is 35.5. The van der Waals surface area contributed by atoms with Gasteiger partial charge in [0.2, 0.25) is 0 Å². The van der Waals surface area contributed by atoms with Crippen molar-refractivity contribution in [3.63, 3.8) is 0 Å². The van der Waals surface area contributed by atoms with E-state index in [1.165, 1.54) is 31.5 Å². The van der Waals surface area contributed by atoms with Crippen LogP contribution in [-0.4, -0.2) is 31.7 Å². The molecule has 2 amide bonds. The van der Waals surface area contributed by atoms with Crippen molar-refractivity contribution in [3.05, 3.63) is 64.7 Å². The largest absolute Gasteiger partial charge is 0.493 e. The van der Waals surface area contributed by atoms with Crippen LogP contribution in [0.25, 0.3) is 0 Å². The Hall–Kier alpha value is -3.03. The van der Waals surface area contributed by atoms with Crippen LogP contribution in [0.4, 0.5) is 5.69 Å². The summed E-state index contributed by atoms with van der Waals surface area (Å²) in [5.41, 5.74) is 3.06. The molecule has 0 heterocycles. The van der Waals surface area contributed by atoms with Gasteiger partial charge in [-0.3, -0.25) is 9.59 Å². The number of hydrazone groups is 1. The zero-order chi connectivity index (χ0) is 20.5. The number of amides is 2. The number of halogens is 2. The molecule has 0 saturated carbocycles. The first-order valence-electron chi connectivity index (χ1n) is 7.95. The number of hydrogen-bond donors (Lipinski definition) is 2. The highest BCUT2D eigenvalue weighted by Crippen LogP contribution is 2.27. The molecule has 2 aromatic rings. The molecule has 0 spiro atoms. The summed E-state index contributed by atoms with van der Waals surface area (Å²) < 4.78 is 10.7. The highest BCUT2D eigenvalue weighted by Gasteiger charge is 2.13. The number of methoxy groups -OCH3 is 1. The smallest absolute Gasteiger partial charge is 0.329 e. The molecule has 0 aromatic heterocycles. The molecule has 0 unspecified atom stereocenters. The van der Waals surface area contributed by atoms with Gasteiger partial charge in [-0.25, -0.2) is 5.43 Å². The van der Waals surface area contributed by atoms with E-state index in [2.05, 4.69) is 22.4 Å². The molecule has 0 aliphatic carbocycles. The maximum Gasteiger partial charge on any atom is 0.329 e. The third kappa shape index (κ3) is 6.29. The molecule has 2 rings (SSSR count). The number of benzene rings is 2. The molecule has 0 saturated heterocycles. The van der Waals surface area contributed by atoms with Crippen molar-refractivity contribution in [2.24, 2.45) is 5.10 Å². The predicted octanol–water partition coefficient (Wildman–Crippen LogP) is 3.66. The molecule has 0 atom stereocenters. The fourth-order valence-corrected chi connectivity index (χ4v) is 2.59. The summed E-state index contributed by atoms with van der Waals surface area (Å²) >= 11 is 11.7. The molecule has 146 valence electrons. The average molecular weight is 422 g/mol.